The average molecular weight is 440 g/mol. The summed E-state index contributed by atoms with van der Waals surface area (Å²) >= 11 is 0. The van der Waals surface area contributed by atoms with Crippen LogP contribution in [0.3, 0.4) is 0 Å². The summed E-state index contributed by atoms with van der Waals surface area (Å²) in [5, 5.41) is 0.557. The monoisotopic (exact) mass is 439 g/mol. The molecule has 0 saturated heterocycles. The molecule has 4 aromatic rings. The fourth-order valence-corrected chi connectivity index (χ4v) is 4.16. The Balaban J connectivity index is 1.90. The van der Waals surface area contributed by atoms with Crippen molar-refractivity contribution >= 4 is 16.8 Å². The summed E-state index contributed by atoms with van der Waals surface area (Å²) in [6.07, 6.45) is 0.796. The molecule has 1 amide bonds. The van der Waals surface area contributed by atoms with Gasteiger partial charge in [-0.3, -0.25) is 14.2 Å². The van der Waals surface area contributed by atoms with Crippen LogP contribution in [0.2, 0.25) is 0 Å². The van der Waals surface area contributed by atoms with Crippen molar-refractivity contribution < 1.29 is 4.79 Å². The van der Waals surface area contributed by atoms with E-state index in [-0.39, 0.29) is 11.5 Å². The lowest BCUT2D eigenvalue weighted by molar-refractivity contribution is 0.0681. The predicted octanol–water partition coefficient (Wildman–Crippen LogP) is 5.62. The molecule has 1 unspecified atom stereocenters. The molecular formula is C28H29N3O2. The maximum absolute atomic E-state index is 13.6. The lowest BCUT2D eigenvalue weighted by Crippen LogP contribution is -2.38. The topological polar surface area (TPSA) is 55.2 Å². The largest absolute Gasteiger partial charge is 0.329 e. The third kappa shape index (κ3) is 4.44. The molecule has 5 nitrogen and oxygen atoms in total. The normalized spacial score (nSPS) is 12.0. The Kier molecular flexibility index (Phi) is 6.40. The first kappa shape index (κ1) is 22.5. The van der Waals surface area contributed by atoms with Crippen LogP contribution in [0.15, 0.2) is 77.6 Å². The van der Waals surface area contributed by atoms with E-state index in [1.807, 2.05) is 99.3 Å². The number of aryl methyl sites for hydroxylation is 2. The van der Waals surface area contributed by atoms with E-state index in [2.05, 4.69) is 0 Å². The number of benzene rings is 3. The number of aromatic nitrogens is 2. The van der Waals surface area contributed by atoms with Gasteiger partial charge in [-0.15, -0.1) is 0 Å². The highest BCUT2D eigenvalue weighted by molar-refractivity contribution is 5.94. The highest BCUT2D eigenvalue weighted by Crippen LogP contribution is 2.25. The molecule has 168 valence electrons. The van der Waals surface area contributed by atoms with E-state index in [1.54, 1.807) is 10.6 Å². The van der Waals surface area contributed by atoms with E-state index in [4.69, 9.17) is 4.98 Å². The number of para-hydroxylation sites is 1. The number of hydrogen-bond acceptors (Lipinski definition) is 3. The molecule has 0 radical (unpaired) electrons. The third-order valence-corrected chi connectivity index (χ3v) is 5.93. The summed E-state index contributed by atoms with van der Waals surface area (Å²) in [5.41, 5.74) is 4.03. The zero-order valence-corrected chi connectivity index (χ0v) is 19.6. The molecule has 0 saturated carbocycles. The predicted molar refractivity (Wildman–Crippen MR) is 133 cm³/mol. The first-order chi connectivity index (χ1) is 15.9. The highest BCUT2D eigenvalue weighted by Gasteiger charge is 2.27. The van der Waals surface area contributed by atoms with E-state index in [0.717, 1.165) is 23.2 Å². The summed E-state index contributed by atoms with van der Waals surface area (Å²) < 4.78 is 1.66. The van der Waals surface area contributed by atoms with Gasteiger partial charge in [0.15, 0.2) is 0 Å². The Labute approximate surface area is 194 Å². The van der Waals surface area contributed by atoms with Crippen molar-refractivity contribution in [3.63, 3.8) is 0 Å². The molecule has 0 bridgehead atoms. The molecule has 1 heterocycles. The van der Waals surface area contributed by atoms with Crippen molar-refractivity contribution in [3.05, 3.63) is 106 Å². The maximum Gasteiger partial charge on any atom is 0.266 e. The summed E-state index contributed by atoms with van der Waals surface area (Å²) in [6.45, 7) is 8.55. The number of carbonyl (C=O) groups is 1. The standard InChI is InChI=1S/C28H29N3O2/c1-5-17-30(27(32)22-15-13-19(2)14-16-22)21(4)26-29-25-12-7-6-11-24(25)28(33)31(26)23-10-8-9-20(3)18-23/h6-16,18,21H,5,17H2,1-4H3. The highest BCUT2D eigenvalue weighted by atomic mass is 16.2. The van der Waals surface area contributed by atoms with Crippen LogP contribution in [-0.4, -0.2) is 26.9 Å². The second-order valence-corrected chi connectivity index (χ2v) is 8.51. The molecule has 0 aliphatic heterocycles. The quantitative estimate of drug-likeness (QED) is 0.392. The van der Waals surface area contributed by atoms with E-state index in [9.17, 15) is 9.59 Å². The summed E-state index contributed by atoms with van der Waals surface area (Å²) in [7, 11) is 0. The molecule has 0 N–H and O–H groups in total. The van der Waals surface area contributed by atoms with Gasteiger partial charge >= 0.3 is 0 Å². The molecule has 4 rings (SSSR count). The van der Waals surface area contributed by atoms with Crippen LogP contribution in [0, 0.1) is 13.8 Å². The minimum atomic E-state index is -0.406. The number of nitrogens with zero attached hydrogens (tertiary/aromatic N) is 3. The maximum atomic E-state index is 13.6. The van der Waals surface area contributed by atoms with Crippen molar-refractivity contribution in [2.75, 3.05) is 6.54 Å². The van der Waals surface area contributed by atoms with E-state index < -0.39 is 6.04 Å². The fourth-order valence-electron chi connectivity index (χ4n) is 4.16. The lowest BCUT2D eigenvalue weighted by atomic mass is 10.1. The van der Waals surface area contributed by atoms with Crippen molar-refractivity contribution in [1.82, 2.24) is 14.5 Å². The third-order valence-electron chi connectivity index (χ3n) is 5.93. The van der Waals surface area contributed by atoms with Crippen LogP contribution in [0.4, 0.5) is 0 Å². The molecule has 0 aliphatic carbocycles. The van der Waals surface area contributed by atoms with E-state index in [0.29, 0.717) is 28.8 Å². The SMILES string of the molecule is CCCN(C(=O)c1ccc(C)cc1)C(C)c1nc2ccccc2c(=O)n1-c1cccc(C)c1. The zero-order chi connectivity index (χ0) is 23.5. The van der Waals surface area contributed by atoms with Crippen LogP contribution in [-0.2, 0) is 0 Å². The molecule has 0 spiro atoms. The number of amides is 1. The summed E-state index contributed by atoms with van der Waals surface area (Å²) in [5.74, 6) is 0.487. The number of fused-ring (bicyclic) bond motifs is 1. The number of carbonyl (C=O) groups excluding carboxylic acids is 1. The Bertz CT molecular complexity index is 1360. The summed E-state index contributed by atoms with van der Waals surface area (Å²) in [4.78, 5) is 33.9. The second kappa shape index (κ2) is 9.41. The molecule has 1 atom stereocenters. The van der Waals surface area contributed by atoms with E-state index >= 15 is 0 Å². The van der Waals surface area contributed by atoms with Gasteiger partial charge in [0.1, 0.15) is 5.82 Å². The first-order valence-corrected chi connectivity index (χ1v) is 11.4. The van der Waals surface area contributed by atoms with Gasteiger partial charge in [0.25, 0.3) is 11.5 Å². The van der Waals surface area contributed by atoms with Gasteiger partial charge in [-0.1, -0.05) is 48.9 Å². The molecule has 0 fully saturated rings. The summed E-state index contributed by atoms with van der Waals surface area (Å²) in [6, 6.07) is 22.4. The number of hydrogen-bond donors (Lipinski definition) is 0. The molecule has 3 aromatic carbocycles. The minimum Gasteiger partial charge on any atom is -0.329 e. The minimum absolute atomic E-state index is 0.0671. The van der Waals surface area contributed by atoms with Crippen molar-refractivity contribution in [2.24, 2.45) is 0 Å². The molecule has 0 aliphatic rings. The van der Waals surface area contributed by atoms with E-state index in [1.165, 1.54) is 0 Å². The van der Waals surface area contributed by atoms with Crippen LogP contribution in [0.25, 0.3) is 16.6 Å². The van der Waals surface area contributed by atoms with Crippen LogP contribution in [0.1, 0.15) is 53.6 Å². The molecule has 5 heteroatoms. The zero-order valence-electron chi connectivity index (χ0n) is 19.6. The first-order valence-electron chi connectivity index (χ1n) is 11.4. The van der Waals surface area contributed by atoms with Gasteiger partial charge in [-0.25, -0.2) is 4.98 Å². The van der Waals surface area contributed by atoms with Crippen molar-refractivity contribution in [3.8, 4) is 5.69 Å². The van der Waals surface area contributed by atoms with Gasteiger partial charge in [0, 0.05) is 12.1 Å². The fraction of sp³-hybridized carbons (Fsp3) is 0.250. The second-order valence-electron chi connectivity index (χ2n) is 8.51. The Morgan fingerprint density at radius 1 is 0.970 bits per heavy atom. The Morgan fingerprint density at radius 2 is 1.70 bits per heavy atom. The Hall–Kier alpha value is -3.73. The van der Waals surface area contributed by atoms with Gasteiger partial charge in [-0.2, -0.15) is 0 Å². The molecular weight excluding hydrogens is 410 g/mol. The Morgan fingerprint density at radius 3 is 2.39 bits per heavy atom. The van der Waals surface area contributed by atoms with Gasteiger partial charge < -0.3 is 4.90 Å². The van der Waals surface area contributed by atoms with Gasteiger partial charge in [0.05, 0.1) is 22.6 Å². The number of rotatable bonds is 6. The molecule has 1 aromatic heterocycles. The average Bonchev–Trinajstić information content (AvgIpc) is 2.82. The van der Waals surface area contributed by atoms with Crippen LogP contribution in [0.5, 0.6) is 0 Å². The van der Waals surface area contributed by atoms with Crippen molar-refractivity contribution in [1.29, 1.82) is 0 Å². The van der Waals surface area contributed by atoms with Gasteiger partial charge in [0.2, 0.25) is 0 Å². The smallest absolute Gasteiger partial charge is 0.266 e. The van der Waals surface area contributed by atoms with Crippen LogP contribution < -0.4 is 5.56 Å². The van der Waals surface area contributed by atoms with Crippen LogP contribution >= 0.6 is 0 Å². The lowest BCUT2D eigenvalue weighted by Gasteiger charge is -2.30. The van der Waals surface area contributed by atoms with Crippen molar-refractivity contribution in [2.45, 2.75) is 40.2 Å². The molecule has 33 heavy (non-hydrogen) atoms. The van der Waals surface area contributed by atoms with Gasteiger partial charge in [-0.05, 0) is 69.2 Å².